The van der Waals surface area contributed by atoms with Crippen LogP contribution in [0, 0.1) is 5.82 Å². The van der Waals surface area contributed by atoms with Crippen molar-refractivity contribution >= 4 is 21.8 Å². The lowest BCUT2D eigenvalue weighted by molar-refractivity contribution is 0.0952. The molecule has 1 amide bonds. The highest BCUT2D eigenvalue weighted by molar-refractivity contribution is 9.10. The fourth-order valence-corrected chi connectivity index (χ4v) is 2.12. The fraction of sp³-hybridized carbons (Fsp3) is 0.235. The van der Waals surface area contributed by atoms with Gasteiger partial charge in [-0.15, -0.1) is 0 Å². The highest BCUT2D eigenvalue weighted by atomic mass is 79.9. The average Bonchev–Trinajstić information content (AvgIpc) is 2.53. The maximum Gasteiger partial charge on any atom is 0.251 e. The van der Waals surface area contributed by atoms with Crippen LogP contribution in [0.25, 0.3) is 0 Å². The topological polar surface area (TPSA) is 38.3 Å². The largest absolute Gasteiger partial charge is 0.494 e. The van der Waals surface area contributed by atoms with Crippen molar-refractivity contribution in [1.29, 1.82) is 0 Å². The molecule has 1 N–H and O–H groups in total. The number of benzene rings is 2. The van der Waals surface area contributed by atoms with Crippen molar-refractivity contribution < 1.29 is 13.9 Å². The zero-order valence-corrected chi connectivity index (χ0v) is 13.6. The molecule has 22 heavy (non-hydrogen) atoms. The van der Waals surface area contributed by atoms with Gasteiger partial charge in [0.05, 0.1) is 6.61 Å². The second-order valence-corrected chi connectivity index (χ2v) is 5.69. The summed E-state index contributed by atoms with van der Waals surface area (Å²) in [5.41, 5.74) is 0.644. The molecule has 0 saturated carbocycles. The second-order valence-electron chi connectivity index (χ2n) is 4.77. The summed E-state index contributed by atoms with van der Waals surface area (Å²) in [7, 11) is 0. The Morgan fingerprint density at radius 3 is 2.41 bits per heavy atom. The summed E-state index contributed by atoms with van der Waals surface area (Å²) in [6.07, 6.45) is 1.64. The number of nitrogens with one attached hydrogen (secondary N) is 1. The van der Waals surface area contributed by atoms with Crippen LogP contribution in [-0.2, 0) is 0 Å². The lowest BCUT2D eigenvalue weighted by atomic mass is 10.2. The molecule has 3 nitrogen and oxygen atoms in total. The molecule has 2 aromatic carbocycles. The molecule has 0 aliphatic rings. The van der Waals surface area contributed by atoms with Crippen molar-refractivity contribution in [1.82, 2.24) is 5.32 Å². The van der Waals surface area contributed by atoms with Crippen LogP contribution in [0.5, 0.6) is 5.75 Å². The minimum atomic E-state index is -0.275. The van der Waals surface area contributed by atoms with E-state index in [4.69, 9.17) is 4.74 Å². The number of unbranched alkanes of at least 4 members (excludes halogenated alkanes) is 1. The second kappa shape index (κ2) is 8.54. The van der Waals surface area contributed by atoms with Crippen LogP contribution in [0.4, 0.5) is 4.39 Å². The molecule has 0 aliphatic carbocycles. The molecule has 5 heteroatoms. The van der Waals surface area contributed by atoms with Gasteiger partial charge in [0.15, 0.2) is 0 Å². The van der Waals surface area contributed by atoms with E-state index in [1.807, 2.05) is 12.1 Å². The van der Waals surface area contributed by atoms with Crippen molar-refractivity contribution in [3.05, 3.63) is 64.4 Å². The number of halogens is 2. The third-order valence-corrected chi connectivity index (χ3v) is 3.57. The van der Waals surface area contributed by atoms with E-state index in [9.17, 15) is 9.18 Å². The Labute approximate surface area is 137 Å². The highest BCUT2D eigenvalue weighted by Crippen LogP contribution is 2.12. The molecular formula is C17H17BrFNO2. The molecule has 0 radical (unpaired) electrons. The standard InChI is InChI=1S/C17H17BrFNO2/c18-14-5-3-13(4-6-14)17(21)20-11-1-2-12-22-16-9-7-15(19)8-10-16/h3-10H,1-2,11-12H2,(H,20,21). The van der Waals surface area contributed by atoms with Gasteiger partial charge in [0, 0.05) is 16.6 Å². The fourth-order valence-electron chi connectivity index (χ4n) is 1.85. The molecule has 0 unspecified atom stereocenters. The zero-order chi connectivity index (χ0) is 15.8. The van der Waals surface area contributed by atoms with Gasteiger partial charge in [0.1, 0.15) is 11.6 Å². The molecule has 2 aromatic rings. The molecule has 0 bridgehead atoms. The Morgan fingerprint density at radius 1 is 1.05 bits per heavy atom. The van der Waals surface area contributed by atoms with E-state index in [1.54, 1.807) is 24.3 Å². The van der Waals surface area contributed by atoms with Gasteiger partial charge in [-0.25, -0.2) is 4.39 Å². The number of carbonyl (C=O) groups is 1. The van der Waals surface area contributed by atoms with Crippen LogP contribution >= 0.6 is 15.9 Å². The summed E-state index contributed by atoms with van der Waals surface area (Å²) in [6.45, 7) is 1.14. The van der Waals surface area contributed by atoms with Crippen molar-refractivity contribution in [2.75, 3.05) is 13.2 Å². The van der Waals surface area contributed by atoms with E-state index in [0.717, 1.165) is 17.3 Å². The van der Waals surface area contributed by atoms with Gasteiger partial charge in [-0.05, 0) is 61.4 Å². The van der Waals surface area contributed by atoms with Crippen molar-refractivity contribution in [3.63, 3.8) is 0 Å². The maximum absolute atomic E-state index is 12.7. The van der Waals surface area contributed by atoms with Crippen molar-refractivity contribution in [3.8, 4) is 5.75 Å². The Kier molecular flexibility index (Phi) is 6.40. The smallest absolute Gasteiger partial charge is 0.251 e. The monoisotopic (exact) mass is 365 g/mol. The van der Waals surface area contributed by atoms with E-state index in [-0.39, 0.29) is 11.7 Å². The van der Waals surface area contributed by atoms with Gasteiger partial charge in [0.25, 0.3) is 5.91 Å². The first-order chi connectivity index (χ1) is 10.6. The third-order valence-electron chi connectivity index (χ3n) is 3.05. The van der Waals surface area contributed by atoms with Crippen molar-refractivity contribution in [2.24, 2.45) is 0 Å². The van der Waals surface area contributed by atoms with E-state index in [2.05, 4.69) is 21.2 Å². The molecule has 0 aliphatic heterocycles. The van der Waals surface area contributed by atoms with Gasteiger partial charge in [-0.2, -0.15) is 0 Å². The van der Waals surface area contributed by atoms with Crippen LogP contribution in [0.2, 0.25) is 0 Å². The van der Waals surface area contributed by atoms with E-state index in [1.165, 1.54) is 12.1 Å². The molecular weight excluding hydrogens is 349 g/mol. The number of rotatable bonds is 7. The average molecular weight is 366 g/mol. The van der Waals surface area contributed by atoms with Crippen LogP contribution in [0.15, 0.2) is 53.0 Å². The number of ether oxygens (including phenoxy) is 1. The SMILES string of the molecule is O=C(NCCCCOc1ccc(F)cc1)c1ccc(Br)cc1. The minimum absolute atomic E-state index is 0.0769. The Bertz CT molecular complexity index is 599. The summed E-state index contributed by atoms with van der Waals surface area (Å²) in [6, 6.07) is 13.2. The first-order valence-electron chi connectivity index (χ1n) is 7.07. The number of carbonyl (C=O) groups excluding carboxylic acids is 1. The number of hydrogen-bond acceptors (Lipinski definition) is 2. The summed E-state index contributed by atoms with van der Waals surface area (Å²) >= 11 is 3.33. The Morgan fingerprint density at radius 2 is 1.73 bits per heavy atom. The van der Waals surface area contributed by atoms with Gasteiger partial charge >= 0.3 is 0 Å². The number of amides is 1. The van der Waals surface area contributed by atoms with Crippen molar-refractivity contribution in [2.45, 2.75) is 12.8 Å². The van der Waals surface area contributed by atoms with E-state index in [0.29, 0.717) is 24.5 Å². The molecule has 0 atom stereocenters. The van der Waals surface area contributed by atoms with E-state index >= 15 is 0 Å². The quantitative estimate of drug-likeness (QED) is 0.747. The lowest BCUT2D eigenvalue weighted by Gasteiger charge is -2.07. The van der Waals surface area contributed by atoms with Crippen LogP contribution in [0.3, 0.4) is 0 Å². The first kappa shape index (κ1) is 16.5. The van der Waals surface area contributed by atoms with Gasteiger partial charge in [0.2, 0.25) is 0 Å². The normalized spacial score (nSPS) is 10.3. The lowest BCUT2D eigenvalue weighted by Crippen LogP contribution is -2.24. The van der Waals surface area contributed by atoms with Gasteiger partial charge in [-0.1, -0.05) is 15.9 Å². The van der Waals surface area contributed by atoms with Gasteiger partial charge in [-0.3, -0.25) is 4.79 Å². The maximum atomic E-state index is 12.7. The molecule has 116 valence electrons. The molecule has 0 spiro atoms. The summed E-state index contributed by atoms with van der Waals surface area (Å²) < 4.78 is 19.1. The van der Waals surface area contributed by atoms with Crippen LogP contribution < -0.4 is 10.1 Å². The molecule has 2 rings (SSSR count). The third kappa shape index (κ3) is 5.48. The molecule has 0 fully saturated rings. The van der Waals surface area contributed by atoms with Gasteiger partial charge < -0.3 is 10.1 Å². The predicted octanol–water partition coefficient (Wildman–Crippen LogP) is 4.18. The Hall–Kier alpha value is -1.88. The zero-order valence-electron chi connectivity index (χ0n) is 12.0. The predicted molar refractivity (Wildman–Crippen MR) is 87.6 cm³/mol. The van der Waals surface area contributed by atoms with Crippen LogP contribution in [0.1, 0.15) is 23.2 Å². The first-order valence-corrected chi connectivity index (χ1v) is 7.86. The Balaban J connectivity index is 1.60. The van der Waals surface area contributed by atoms with Crippen LogP contribution in [-0.4, -0.2) is 19.1 Å². The van der Waals surface area contributed by atoms with E-state index < -0.39 is 0 Å². The molecule has 0 saturated heterocycles. The molecule has 0 aromatic heterocycles. The summed E-state index contributed by atoms with van der Waals surface area (Å²) in [5.74, 6) is 0.301. The highest BCUT2D eigenvalue weighted by Gasteiger charge is 2.03. The minimum Gasteiger partial charge on any atom is -0.494 e. The molecule has 0 heterocycles. The summed E-state index contributed by atoms with van der Waals surface area (Å²) in [5, 5.41) is 2.87. The number of hydrogen-bond donors (Lipinski definition) is 1. The summed E-state index contributed by atoms with van der Waals surface area (Å²) in [4.78, 5) is 11.8.